The van der Waals surface area contributed by atoms with Gasteiger partial charge in [-0.05, 0) is 23.7 Å². The van der Waals surface area contributed by atoms with E-state index >= 15 is 0 Å². The maximum atomic E-state index is 11.2. The lowest BCUT2D eigenvalue weighted by molar-refractivity contribution is -0.384. The topological polar surface area (TPSA) is 113 Å². The third-order valence-corrected chi connectivity index (χ3v) is 6.60. The van der Waals surface area contributed by atoms with E-state index in [1.807, 2.05) is 33.1 Å². The molecule has 0 amide bonds. The van der Waals surface area contributed by atoms with Gasteiger partial charge in [0.2, 0.25) is 11.9 Å². The summed E-state index contributed by atoms with van der Waals surface area (Å²) in [6.07, 6.45) is 0.915. The maximum absolute atomic E-state index is 11.2. The molecule has 0 spiro atoms. The molecular formula is C22H25ClN8O2S. The van der Waals surface area contributed by atoms with Crippen LogP contribution in [0.2, 0.25) is 5.15 Å². The molecule has 4 rings (SSSR count). The number of nitro groups is 1. The Labute approximate surface area is 206 Å². The van der Waals surface area contributed by atoms with Crippen molar-refractivity contribution >= 4 is 46.8 Å². The third-order valence-electron chi connectivity index (χ3n) is 5.30. The molecule has 1 atom stereocenters. The third kappa shape index (κ3) is 4.45. The molecule has 1 aliphatic rings. The zero-order valence-electron chi connectivity index (χ0n) is 19.5. The first-order valence-corrected chi connectivity index (χ1v) is 11.9. The number of halogens is 1. The van der Waals surface area contributed by atoms with Crippen molar-refractivity contribution in [3.63, 3.8) is 0 Å². The zero-order valence-corrected chi connectivity index (χ0v) is 21.1. The van der Waals surface area contributed by atoms with Gasteiger partial charge in [0.1, 0.15) is 21.0 Å². The molecule has 2 aromatic heterocycles. The van der Waals surface area contributed by atoms with Crippen LogP contribution < -0.4 is 15.1 Å². The van der Waals surface area contributed by atoms with Crippen LogP contribution in [0, 0.1) is 10.1 Å². The van der Waals surface area contributed by atoms with E-state index in [1.165, 1.54) is 23.9 Å². The van der Waals surface area contributed by atoms with Crippen molar-refractivity contribution in [2.45, 2.75) is 29.3 Å². The summed E-state index contributed by atoms with van der Waals surface area (Å²) < 4.78 is 0. The molecule has 34 heavy (non-hydrogen) atoms. The van der Waals surface area contributed by atoms with Crippen LogP contribution in [0.1, 0.15) is 36.0 Å². The molecule has 1 aromatic carbocycles. The number of non-ortho nitro benzene ring substituents is 1. The molecule has 3 heterocycles. The number of aromatic nitrogens is 4. The highest BCUT2D eigenvalue weighted by Gasteiger charge is 2.36. The number of hydrogen-bond acceptors (Lipinski definition) is 10. The minimum Gasteiger partial charge on any atom is -0.370 e. The molecule has 1 aliphatic heterocycles. The highest BCUT2D eigenvalue weighted by Crippen LogP contribution is 2.51. The first kappa shape index (κ1) is 24.0. The van der Waals surface area contributed by atoms with Gasteiger partial charge in [-0.25, -0.2) is 15.0 Å². The van der Waals surface area contributed by atoms with Gasteiger partial charge < -0.3 is 15.1 Å². The van der Waals surface area contributed by atoms with Crippen molar-refractivity contribution < 1.29 is 4.92 Å². The molecule has 0 radical (unpaired) electrons. The molecule has 178 valence electrons. The summed E-state index contributed by atoms with van der Waals surface area (Å²) in [7, 11) is 7.49. The van der Waals surface area contributed by atoms with Gasteiger partial charge in [0.15, 0.2) is 0 Å². The van der Waals surface area contributed by atoms with E-state index in [9.17, 15) is 10.1 Å². The monoisotopic (exact) mass is 500 g/mol. The Morgan fingerprint density at radius 3 is 2.15 bits per heavy atom. The predicted molar refractivity (Wildman–Crippen MR) is 135 cm³/mol. The van der Waals surface area contributed by atoms with Crippen LogP contribution in [0.3, 0.4) is 0 Å². The second kappa shape index (κ2) is 9.59. The number of nitrogens with one attached hydrogen (secondary N) is 1. The fourth-order valence-corrected chi connectivity index (χ4v) is 5.06. The first-order valence-electron chi connectivity index (χ1n) is 10.7. The van der Waals surface area contributed by atoms with Gasteiger partial charge in [0, 0.05) is 63.9 Å². The van der Waals surface area contributed by atoms with Crippen molar-refractivity contribution in [2.24, 2.45) is 0 Å². The van der Waals surface area contributed by atoms with Crippen molar-refractivity contribution in [3.8, 4) is 0 Å². The summed E-state index contributed by atoms with van der Waals surface area (Å²) in [6.45, 7) is 2.81. The van der Waals surface area contributed by atoms with Crippen molar-refractivity contribution in [1.82, 2.24) is 19.9 Å². The van der Waals surface area contributed by atoms with Gasteiger partial charge in [-0.2, -0.15) is 4.98 Å². The highest BCUT2D eigenvalue weighted by atomic mass is 35.5. The molecule has 0 aliphatic carbocycles. The van der Waals surface area contributed by atoms with Gasteiger partial charge in [0.25, 0.3) is 5.69 Å². The van der Waals surface area contributed by atoms with Crippen LogP contribution in [-0.2, 0) is 0 Å². The van der Waals surface area contributed by atoms with E-state index in [1.54, 1.807) is 17.0 Å². The van der Waals surface area contributed by atoms with Crippen molar-refractivity contribution in [1.29, 1.82) is 0 Å². The van der Waals surface area contributed by atoms with E-state index in [0.29, 0.717) is 27.9 Å². The quantitative estimate of drug-likeness (QED) is 0.222. The molecular weight excluding hydrogens is 476 g/mol. The zero-order chi connectivity index (χ0) is 24.6. The van der Waals surface area contributed by atoms with Gasteiger partial charge in [0.05, 0.1) is 4.92 Å². The highest BCUT2D eigenvalue weighted by molar-refractivity contribution is 7.99. The van der Waals surface area contributed by atoms with E-state index in [2.05, 4.69) is 17.2 Å². The smallest absolute Gasteiger partial charge is 0.269 e. The summed E-state index contributed by atoms with van der Waals surface area (Å²) >= 11 is 8.18. The van der Waals surface area contributed by atoms with Crippen molar-refractivity contribution in [2.75, 3.05) is 49.9 Å². The maximum Gasteiger partial charge on any atom is 0.269 e. The molecule has 10 nitrogen and oxygen atoms in total. The molecule has 1 unspecified atom stereocenters. The van der Waals surface area contributed by atoms with Gasteiger partial charge in [-0.3, -0.25) is 10.1 Å². The number of benzene rings is 1. The number of anilines is 3. The van der Waals surface area contributed by atoms with Crippen LogP contribution in [-0.4, -0.2) is 59.6 Å². The predicted octanol–water partition coefficient (Wildman–Crippen LogP) is 4.43. The summed E-state index contributed by atoms with van der Waals surface area (Å²) in [4.78, 5) is 33.3. The van der Waals surface area contributed by atoms with E-state index < -0.39 is 10.8 Å². The van der Waals surface area contributed by atoms with Crippen LogP contribution in [0.4, 0.5) is 23.4 Å². The van der Waals surface area contributed by atoms with E-state index in [4.69, 9.17) is 26.6 Å². The Morgan fingerprint density at radius 1 is 1.00 bits per heavy atom. The first-order chi connectivity index (χ1) is 16.2. The summed E-state index contributed by atoms with van der Waals surface area (Å²) in [6, 6.07) is 6.47. The molecule has 0 saturated carbocycles. The fraction of sp³-hybridized carbons (Fsp3) is 0.364. The number of fused-ring (bicyclic) bond motifs is 2. The molecule has 0 bridgehead atoms. The summed E-state index contributed by atoms with van der Waals surface area (Å²) in [5.41, 5.74) is 2.42. The van der Waals surface area contributed by atoms with Crippen LogP contribution in [0.5, 0.6) is 0 Å². The number of nitro benzene ring substituents is 1. The van der Waals surface area contributed by atoms with Crippen molar-refractivity contribution in [3.05, 3.63) is 56.2 Å². The van der Waals surface area contributed by atoms with Gasteiger partial charge in [-0.15, -0.1) is 0 Å². The SMILES string of the molecule is CCCNc1nc(N(C)C)nc2c1C(c1ccc([N+](=O)[O-])cc1)c1c(Cl)nc(N(C)C)nc1S2. The molecule has 0 saturated heterocycles. The fourth-order valence-electron chi connectivity index (χ4n) is 3.64. The minimum atomic E-state index is -0.414. The second-order valence-electron chi connectivity index (χ2n) is 8.22. The number of hydrogen-bond donors (Lipinski definition) is 1. The van der Waals surface area contributed by atoms with E-state index in [-0.39, 0.29) is 5.69 Å². The lowest BCUT2D eigenvalue weighted by Gasteiger charge is -2.30. The largest absolute Gasteiger partial charge is 0.370 e. The average Bonchev–Trinajstić information content (AvgIpc) is 2.80. The van der Waals surface area contributed by atoms with Gasteiger partial charge in [-0.1, -0.05) is 30.7 Å². The minimum absolute atomic E-state index is 0.0169. The normalized spacial score (nSPS) is 14.2. The second-order valence-corrected chi connectivity index (χ2v) is 9.56. The Bertz CT molecular complexity index is 1240. The lowest BCUT2D eigenvalue weighted by Crippen LogP contribution is -2.22. The average molecular weight is 501 g/mol. The molecule has 3 aromatic rings. The molecule has 0 fully saturated rings. The summed E-state index contributed by atoms with van der Waals surface area (Å²) in [5.74, 6) is 1.37. The molecule has 1 N–H and O–H groups in total. The Kier molecular flexibility index (Phi) is 6.76. The number of rotatable bonds is 7. The Balaban J connectivity index is 1.99. The van der Waals surface area contributed by atoms with Gasteiger partial charge >= 0.3 is 0 Å². The lowest BCUT2D eigenvalue weighted by atomic mass is 9.86. The molecule has 12 heteroatoms. The standard InChI is InChI=1S/C22H25ClN8O2S/c1-6-11-24-18-16-14(12-7-9-13(10-8-12)31(32)33)15-17(23)25-21(29(2)3)27-19(15)34-20(16)28-22(26-18)30(4)5/h7-10,14H,6,11H2,1-5H3,(H,24,26,28). The van der Waals surface area contributed by atoms with Crippen LogP contribution in [0.15, 0.2) is 34.3 Å². The number of nitrogens with zero attached hydrogens (tertiary/aromatic N) is 7. The summed E-state index contributed by atoms with van der Waals surface area (Å²) in [5, 5.41) is 16.5. The van der Waals surface area contributed by atoms with E-state index in [0.717, 1.165) is 34.7 Å². The Morgan fingerprint density at radius 2 is 1.59 bits per heavy atom. The van der Waals surface area contributed by atoms with Crippen LogP contribution in [0.25, 0.3) is 0 Å². The van der Waals surface area contributed by atoms with Crippen LogP contribution >= 0.6 is 23.4 Å². The Hall–Kier alpha value is -3.18.